The molecule has 5 atom stereocenters. The van der Waals surface area contributed by atoms with E-state index in [1.54, 1.807) is 19.1 Å². The molecule has 2 fully saturated rings. The van der Waals surface area contributed by atoms with Crippen molar-refractivity contribution in [1.29, 1.82) is 0 Å². The van der Waals surface area contributed by atoms with Crippen LogP contribution in [0, 0.1) is 16.0 Å². The molecule has 3 N–H and O–H groups in total. The number of hydrogen-bond donors (Lipinski definition) is 3. The number of carbonyl (C=O) groups is 2. The first-order valence-corrected chi connectivity index (χ1v) is 14.9. The number of thioether (sulfide) groups is 2. The van der Waals surface area contributed by atoms with Crippen LogP contribution in [0.15, 0.2) is 64.5 Å². The van der Waals surface area contributed by atoms with Crippen molar-refractivity contribution in [3.63, 3.8) is 0 Å². The van der Waals surface area contributed by atoms with Gasteiger partial charge in [-0.05, 0) is 30.5 Å². The fourth-order valence-corrected chi connectivity index (χ4v) is 9.38. The number of fused-ring (bicyclic) bond motifs is 1. The molecule has 0 radical (unpaired) electrons. The van der Waals surface area contributed by atoms with Crippen LogP contribution in [0.5, 0.6) is 0 Å². The van der Waals surface area contributed by atoms with Crippen molar-refractivity contribution in [1.82, 2.24) is 9.80 Å². The molecule has 0 aromatic heterocycles. The summed E-state index contributed by atoms with van der Waals surface area (Å²) in [5, 5.41) is 42.8. The number of non-ortho nitro benzene ring substituents is 1. The summed E-state index contributed by atoms with van der Waals surface area (Å²) in [5.41, 5.74) is 1.43. The molecule has 0 saturated carbocycles. The molecule has 1 unspecified atom stereocenters. The highest BCUT2D eigenvalue weighted by molar-refractivity contribution is 8.23. The zero-order valence-electron chi connectivity index (χ0n) is 21.9. The maximum Gasteiger partial charge on any atom is 0.354 e. The van der Waals surface area contributed by atoms with Gasteiger partial charge in [-0.2, -0.15) is 0 Å². The molecular weight excluding hydrogens is 554 g/mol. The number of aliphatic hydroxyl groups excluding tert-OH is 2. The molecule has 3 aliphatic heterocycles. The lowest BCUT2D eigenvalue weighted by atomic mass is 9.77. The average molecular weight is 586 g/mol. The molecule has 5 rings (SSSR count). The van der Waals surface area contributed by atoms with Gasteiger partial charge in [0.2, 0.25) is 5.91 Å². The highest BCUT2D eigenvalue weighted by Crippen LogP contribution is 2.63. The Balaban J connectivity index is 1.35. The minimum Gasteiger partial charge on any atom is -0.477 e. The average Bonchev–Trinajstić information content (AvgIpc) is 3.49. The third-order valence-electron chi connectivity index (χ3n) is 7.77. The number of carbonyl (C=O) groups excluding carboxylic acids is 1. The largest absolute Gasteiger partial charge is 0.477 e. The number of likely N-dealkylation sites (tertiary alicyclic amines) is 1. The van der Waals surface area contributed by atoms with E-state index < -0.39 is 39.8 Å². The lowest BCUT2D eigenvalue weighted by Gasteiger charge is -2.54. The highest BCUT2D eigenvalue weighted by atomic mass is 32.2. The van der Waals surface area contributed by atoms with Gasteiger partial charge in [0.15, 0.2) is 5.70 Å². The minimum atomic E-state index is -1.20. The minimum absolute atomic E-state index is 0.0595. The van der Waals surface area contributed by atoms with E-state index in [0.717, 1.165) is 18.5 Å². The number of nitro benzene ring substituents is 1. The monoisotopic (exact) mass is 585 g/mol. The van der Waals surface area contributed by atoms with Gasteiger partial charge in [-0.25, -0.2) is 4.79 Å². The molecule has 2 aromatic carbocycles. The highest BCUT2D eigenvalue weighted by Gasteiger charge is 2.68. The molecule has 3 heterocycles. The number of nitro groups is 1. The molecule has 0 spiro atoms. The third kappa shape index (κ3) is 5.26. The van der Waals surface area contributed by atoms with E-state index in [1.165, 1.54) is 40.6 Å². The number of aliphatic carboxylic acids is 1. The standard InChI is InChI=1S/C28H31N3O7S2/c1-2-21(32)23-25(34)30-24(26(35)36)27(40-28(23,30)14-17-8-10-19(11-9-17)31(37)38)39-20-12-13-29(15-20)16-22(33)18-6-4-3-5-7-18/h3-11,20-23,32-33H,2,12-16H2,1H3,(H,35,36)/t20?,21-,22-,23+,28+/m0/s1. The summed E-state index contributed by atoms with van der Waals surface area (Å²) in [4.78, 5) is 38.9. The molecular formula is C28H31N3O7S2. The number of carboxylic acids is 1. The van der Waals surface area contributed by atoms with Crippen LogP contribution in [0.4, 0.5) is 5.69 Å². The first-order valence-electron chi connectivity index (χ1n) is 13.2. The van der Waals surface area contributed by atoms with E-state index in [0.29, 0.717) is 29.3 Å². The van der Waals surface area contributed by atoms with E-state index in [9.17, 15) is 35.0 Å². The van der Waals surface area contributed by atoms with Crippen molar-refractivity contribution in [2.75, 3.05) is 19.6 Å². The summed E-state index contributed by atoms with van der Waals surface area (Å²) in [6.45, 7) is 3.67. The second kappa shape index (κ2) is 11.5. The molecule has 0 aliphatic carbocycles. The summed E-state index contributed by atoms with van der Waals surface area (Å²) in [6, 6.07) is 15.5. The Hall–Kier alpha value is -2.90. The van der Waals surface area contributed by atoms with Crippen LogP contribution in [-0.2, 0) is 16.0 Å². The number of hydrogen-bond acceptors (Lipinski definition) is 9. The smallest absolute Gasteiger partial charge is 0.354 e. The maximum absolute atomic E-state index is 13.3. The molecule has 3 aliphatic rings. The number of β-lactam (4-membered cyclic amide) rings is 1. The van der Waals surface area contributed by atoms with Crippen molar-refractivity contribution in [3.8, 4) is 0 Å². The zero-order valence-corrected chi connectivity index (χ0v) is 23.5. The van der Waals surface area contributed by atoms with Gasteiger partial charge in [-0.3, -0.25) is 24.7 Å². The molecule has 12 heteroatoms. The van der Waals surface area contributed by atoms with Gasteiger partial charge in [0.05, 0.1) is 27.3 Å². The lowest BCUT2D eigenvalue weighted by Crippen LogP contribution is -2.71. The molecule has 2 aromatic rings. The molecule has 0 bridgehead atoms. The van der Waals surface area contributed by atoms with Crippen molar-refractivity contribution in [2.24, 2.45) is 5.92 Å². The Morgan fingerprint density at radius 3 is 2.52 bits per heavy atom. The molecule has 2 saturated heterocycles. The van der Waals surface area contributed by atoms with Crippen LogP contribution in [0.2, 0.25) is 0 Å². The Labute approximate surface area is 240 Å². The van der Waals surface area contributed by atoms with E-state index in [-0.39, 0.29) is 23.1 Å². The second-order valence-electron chi connectivity index (χ2n) is 10.3. The zero-order chi connectivity index (χ0) is 28.6. The van der Waals surface area contributed by atoms with Crippen LogP contribution in [0.3, 0.4) is 0 Å². The second-order valence-corrected chi connectivity index (χ2v) is 13.2. The Morgan fingerprint density at radius 2 is 1.90 bits per heavy atom. The van der Waals surface area contributed by atoms with Crippen molar-refractivity contribution >= 4 is 41.1 Å². The first kappa shape index (κ1) is 28.6. The number of carboxylic acid groups (broad SMARTS) is 1. The number of benzene rings is 2. The van der Waals surface area contributed by atoms with Gasteiger partial charge in [0.25, 0.3) is 5.69 Å². The summed E-state index contributed by atoms with van der Waals surface area (Å²) < 4.78 is 0.532. The fourth-order valence-electron chi connectivity index (χ4n) is 5.75. The van der Waals surface area contributed by atoms with Crippen LogP contribution in [0.1, 0.15) is 37.0 Å². The van der Waals surface area contributed by atoms with Gasteiger partial charge in [0, 0.05) is 36.9 Å². The van der Waals surface area contributed by atoms with Gasteiger partial charge in [-0.15, -0.1) is 11.8 Å². The van der Waals surface area contributed by atoms with Gasteiger partial charge in [0.1, 0.15) is 4.87 Å². The van der Waals surface area contributed by atoms with E-state index in [2.05, 4.69) is 4.90 Å². The van der Waals surface area contributed by atoms with Crippen molar-refractivity contribution in [3.05, 3.63) is 85.8 Å². The third-order valence-corrected chi connectivity index (χ3v) is 10.7. The van der Waals surface area contributed by atoms with E-state index >= 15 is 0 Å². The summed E-state index contributed by atoms with van der Waals surface area (Å²) in [5.74, 6) is -2.42. The maximum atomic E-state index is 13.3. The Bertz CT molecular complexity index is 1320. The quantitative estimate of drug-likeness (QED) is 0.203. The van der Waals surface area contributed by atoms with Crippen molar-refractivity contribution < 1.29 is 29.8 Å². The van der Waals surface area contributed by atoms with Crippen molar-refractivity contribution in [2.45, 2.75) is 48.5 Å². The predicted molar refractivity (Wildman–Crippen MR) is 152 cm³/mol. The van der Waals surface area contributed by atoms with Gasteiger partial charge >= 0.3 is 5.97 Å². The topological polar surface area (TPSA) is 144 Å². The summed E-state index contributed by atoms with van der Waals surface area (Å²) in [7, 11) is 0. The first-order chi connectivity index (χ1) is 19.1. The number of aliphatic hydroxyl groups is 2. The SMILES string of the molecule is CC[C@H](O)[C@@H]1C(=O)N2C(C(=O)O)=C(SC3CCN(C[C@H](O)c4ccccc4)C3)S[C@]12Cc1ccc([N+](=O)[O-])cc1. The molecule has 10 nitrogen and oxygen atoms in total. The predicted octanol–water partition coefficient (Wildman–Crippen LogP) is 3.60. The normalized spacial score (nSPS) is 26.0. The number of β-amino-alcohol motifs (C(OH)–C–C–N with tert-alkyl or cyclic N) is 1. The van der Waals surface area contributed by atoms with E-state index in [1.807, 2.05) is 30.3 Å². The van der Waals surface area contributed by atoms with Gasteiger partial charge in [-0.1, -0.05) is 61.2 Å². The fraction of sp³-hybridized carbons (Fsp3) is 0.429. The number of rotatable bonds is 11. The molecule has 212 valence electrons. The summed E-state index contributed by atoms with van der Waals surface area (Å²) >= 11 is 2.75. The van der Waals surface area contributed by atoms with Crippen LogP contribution in [0.25, 0.3) is 0 Å². The molecule has 40 heavy (non-hydrogen) atoms. The Kier molecular flexibility index (Phi) is 8.25. The molecule has 1 amide bonds. The van der Waals surface area contributed by atoms with Gasteiger partial charge < -0.3 is 15.3 Å². The van der Waals surface area contributed by atoms with Crippen LogP contribution >= 0.6 is 23.5 Å². The summed E-state index contributed by atoms with van der Waals surface area (Å²) in [6.07, 6.45) is -0.202. The Morgan fingerprint density at radius 1 is 1.20 bits per heavy atom. The number of amides is 1. The van der Waals surface area contributed by atoms with Crippen LogP contribution < -0.4 is 0 Å². The van der Waals surface area contributed by atoms with Crippen LogP contribution in [-0.4, -0.2) is 77.8 Å². The van der Waals surface area contributed by atoms with E-state index in [4.69, 9.17) is 0 Å². The number of nitrogens with zero attached hydrogens (tertiary/aromatic N) is 3. The lowest BCUT2D eigenvalue weighted by molar-refractivity contribution is -0.384.